The van der Waals surface area contributed by atoms with Gasteiger partial charge >= 0.3 is 5.97 Å². The highest BCUT2D eigenvalue weighted by molar-refractivity contribution is 5.92. The number of hydrogen-bond donors (Lipinski definition) is 0. The van der Waals surface area contributed by atoms with Gasteiger partial charge in [0.1, 0.15) is 6.54 Å². The lowest BCUT2D eigenvalue weighted by molar-refractivity contribution is -0.141. The second-order valence-electron chi connectivity index (χ2n) is 4.47. The van der Waals surface area contributed by atoms with Crippen LogP contribution in [0.3, 0.4) is 0 Å². The molecule has 0 atom stereocenters. The van der Waals surface area contributed by atoms with Crippen LogP contribution in [-0.4, -0.2) is 35.9 Å². The van der Waals surface area contributed by atoms with Gasteiger partial charge in [0, 0.05) is 11.9 Å². The Morgan fingerprint density at radius 2 is 2.10 bits per heavy atom. The van der Waals surface area contributed by atoms with Gasteiger partial charge in [0.25, 0.3) is 0 Å². The molecule has 5 nitrogen and oxygen atoms in total. The fourth-order valence-electron chi connectivity index (χ4n) is 2.16. The molecule has 1 aromatic heterocycles. The summed E-state index contributed by atoms with van der Waals surface area (Å²) in [5.41, 5.74) is 1.75. The average molecular weight is 273 g/mol. The first kappa shape index (κ1) is 14.2. The van der Waals surface area contributed by atoms with Crippen LogP contribution in [0.15, 0.2) is 30.5 Å². The Balaban J connectivity index is 2.33. The van der Waals surface area contributed by atoms with Gasteiger partial charge in [-0.1, -0.05) is 25.1 Å². The zero-order chi connectivity index (χ0) is 14.4. The zero-order valence-electron chi connectivity index (χ0n) is 11.9. The van der Waals surface area contributed by atoms with E-state index in [0.717, 1.165) is 29.6 Å². The van der Waals surface area contributed by atoms with E-state index < -0.39 is 0 Å². The molecule has 1 aromatic carbocycles. The molecular formula is C15H19N3O2. The third-order valence-electron chi connectivity index (χ3n) is 2.98. The van der Waals surface area contributed by atoms with E-state index in [1.807, 2.05) is 36.1 Å². The van der Waals surface area contributed by atoms with E-state index >= 15 is 0 Å². The molecule has 1 heterocycles. The van der Waals surface area contributed by atoms with Crippen molar-refractivity contribution in [2.24, 2.45) is 0 Å². The van der Waals surface area contributed by atoms with Crippen LogP contribution in [0.4, 0.5) is 5.69 Å². The quantitative estimate of drug-likeness (QED) is 0.756. The molecule has 20 heavy (non-hydrogen) atoms. The first-order valence-electron chi connectivity index (χ1n) is 6.87. The number of anilines is 1. The standard InChI is InChI=1S/C15H19N3O2/c1-3-9-18(11-15(19)20-4-2)14-10-16-17-13-8-6-5-7-12(13)14/h5-8,10H,3-4,9,11H2,1-2H3. The monoisotopic (exact) mass is 273 g/mol. The summed E-state index contributed by atoms with van der Waals surface area (Å²) in [5.74, 6) is -0.221. The summed E-state index contributed by atoms with van der Waals surface area (Å²) in [5, 5.41) is 9.13. The molecule has 0 bridgehead atoms. The van der Waals surface area contributed by atoms with Crippen LogP contribution in [0.1, 0.15) is 20.3 Å². The number of benzene rings is 1. The summed E-state index contributed by atoms with van der Waals surface area (Å²) in [6.45, 7) is 5.29. The summed E-state index contributed by atoms with van der Waals surface area (Å²) in [6, 6.07) is 7.80. The van der Waals surface area contributed by atoms with E-state index in [1.165, 1.54) is 0 Å². The molecule has 0 aliphatic carbocycles. The lowest BCUT2D eigenvalue weighted by Gasteiger charge is -2.23. The van der Waals surface area contributed by atoms with E-state index in [-0.39, 0.29) is 12.5 Å². The number of ether oxygens (including phenoxy) is 1. The fraction of sp³-hybridized carbons (Fsp3) is 0.400. The van der Waals surface area contributed by atoms with Gasteiger partial charge in [-0.2, -0.15) is 10.2 Å². The number of carbonyl (C=O) groups excluding carboxylic acids is 1. The highest BCUT2D eigenvalue weighted by atomic mass is 16.5. The van der Waals surface area contributed by atoms with Gasteiger partial charge in [-0.25, -0.2) is 0 Å². The molecule has 0 radical (unpaired) electrons. The SMILES string of the molecule is CCCN(CC(=O)OCC)c1cnnc2ccccc12. The lowest BCUT2D eigenvalue weighted by Crippen LogP contribution is -2.32. The van der Waals surface area contributed by atoms with Gasteiger partial charge in [0.05, 0.1) is 24.0 Å². The van der Waals surface area contributed by atoms with Crippen molar-refractivity contribution in [2.75, 3.05) is 24.6 Å². The maximum Gasteiger partial charge on any atom is 0.325 e. The molecule has 0 fully saturated rings. The zero-order valence-corrected chi connectivity index (χ0v) is 11.9. The summed E-state index contributed by atoms with van der Waals surface area (Å²) in [6.07, 6.45) is 2.65. The molecule has 0 N–H and O–H groups in total. The largest absolute Gasteiger partial charge is 0.465 e. The Kier molecular flexibility index (Phi) is 4.87. The maximum atomic E-state index is 11.7. The van der Waals surface area contributed by atoms with Crippen LogP contribution in [0.25, 0.3) is 10.9 Å². The molecule has 0 spiro atoms. The molecule has 0 saturated carbocycles. The van der Waals surface area contributed by atoms with E-state index in [4.69, 9.17) is 4.74 Å². The predicted octanol–water partition coefficient (Wildman–Crippen LogP) is 2.41. The molecule has 0 unspecified atom stereocenters. The number of nitrogens with zero attached hydrogens (tertiary/aromatic N) is 3. The lowest BCUT2D eigenvalue weighted by atomic mass is 10.2. The fourth-order valence-corrected chi connectivity index (χ4v) is 2.16. The predicted molar refractivity (Wildman–Crippen MR) is 78.7 cm³/mol. The smallest absolute Gasteiger partial charge is 0.325 e. The minimum atomic E-state index is -0.221. The maximum absolute atomic E-state index is 11.7. The number of fused-ring (bicyclic) bond motifs is 1. The van der Waals surface area contributed by atoms with Gasteiger partial charge in [-0.05, 0) is 19.4 Å². The topological polar surface area (TPSA) is 55.3 Å². The van der Waals surface area contributed by atoms with Crippen molar-refractivity contribution in [3.8, 4) is 0 Å². The van der Waals surface area contributed by atoms with Crippen LogP contribution in [0, 0.1) is 0 Å². The summed E-state index contributed by atoms with van der Waals surface area (Å²) >= 11 is 0. The molecule has 0 aliphatic rings. The van der Waals surface area contributed by atoms with Gasteiger partial charge in [0.15, 0.2) is 0 Å². The van der Waals surface area contributed by atoms with Gasteiger partial charge in [0.2, 0.25) is 0 Å². The second-order valence-corrected chi connectivity index (χ2v) is 4.47. The van der Waals surface area contributed by atoms with Crippen molar-refractivity contribution in [1.82, 2.24) is 10.2 Å². The van der Waals surface area contributed by atoms with E-state index in [2.05, 4.69) is 17.1 Å². The highest BCUT2D eigenvalue weighted by Gasteiger charge is 2.14. The Labute approximate surface area is 118 Å². The Hall–Kier alpha value is -2.17. The van der Waals surface area contributed by atoms with E-state index in [9.17, 15) is 4.79 Å². The second kappa shape index (κ2) is 6.84. The number of carbonyl (C=O) groups is 1. The van der Waals surface area contributed by atoms with Crippen molar-refractivity contribution in [1.29, 1.82) is 0 Å². The number of aromatic nitrogens is 2. The number of rotatable bonds is 6. The van der Waals surface area contributed by atoms with Gasteiger partial charge < -0.3 is 9.64 Å². The first-order chi connectivity index (χ1) is 9.76. The Morgan fingerprint density at radius 1 is 1.30 bits per heavy atom. The molecule has 0 aliphatic heterocycles. The third kappa shape index (κ3) is 3.23. The summed E-state index contributed by atoms with van der Waals surface area (Å²) in [7, 11) is 0. The van der Waals surface area contributed by atoms with Crippen molar-refractivity contribution >= 4 is 22.6 Å². The van der Waals surface area contributed by atoms with Crippen molar-refractivity contribution in [3.05, 3.63) is 30.5 Å². The molecule has 5 heteroatoms. The van der Waals surface area contributed by atoms with Gasteiger partial charge in [-0.3, -0.25) is 4.79 Å². The molecular weight excluding hydrogens is 254 g/mol. The van der Waals surface area contributed by atoms with Crippen LogP contribution in [0.5, 0.6) is 0 Å². The van der Waals surface area contributed by atoms with Crippen molar-refractivity contribution < 1.29 is 9.53 Å². The van der Waals surface area contributed by atoms with E-state index in [1.54, 1.807) is 6.20 Å². The van der Waals surface area contributed by atoms with Crippen molar-refractivity contribution in [3.63, 3.8) is 0 Å². The molecule has 2 rings (SSSR count). The van der Waals surface area contributed by atoms with Crippen molar-refractivity contribution in [2.45, 2.75) is 20.3 Å². The van der Waals surface area contributed by atoms with Gasteiger partial charge in [-0.15, -0.1) is 0 Å². The Morgan fingerprint density at radius 3 is 2.85 bits per heavy atom. The Bertz CT molecular complexity index is 581. The third-order valence-corrected chi connectivity index (χ3v) is 2.98. The molecule has 0 amide bonds. The highest BCUT2D eigenvalue weighted by Crippen LogP contribution is 2.24. The molecule has 2 aromatic rings. The minimum absolute atomic E-state index is 0.221. The summed E-state index contributed by atoms with van der Waals surface area (Å²) < 4.78 is 5.04. The number of hydrogen-bond acceptors (Lipinski definition) is 5. The summed E-state index contributed by atoms with van der Waals surface area (Å²) in [4.78, 5) is 13.7. The first-order valence-corrected chi connectivity index (χ1v) is 6.87. The minimum Gasteiger partial charge on any atom is -0.465 e. The van der Waals surface area contributed by atoms with E-state index in [0.29, 0.717) is 6.61 Å². The average Bonchev–Trinajstić information content (AvgIpc) is 2.46. The normalized spacial score (nSPS) is 10.5. The van der Waals surface area contributed by atoms with Crippen LogP contribution < -0.4 is 4.90 Å². The molecule has 106 valence electrons. The van der Waals surface area contributed by atoms with Crippen LogP contribution in [0.2, 0.25) is 0 Å². The van der Waals surface area contributed by atoms with Crippen LogP contribution >= 0.6 is 0 Å². The number of esters is 1. The van der Waals surface area contributed by atoms with Crippen LogP contribution in [-0.2, 0) is 9.53 Å². The molecule has 0 saturated heterocycles.